The number of fused-ring (bicyclic) bond motifs is 1. The lowest BCUT2D eigenvalue weighted by molar-refractivity contribution is 0.580. The Hall–Kier alpha value is -2.86. The topological polar surface area (TPSA) is 50.2 Å². The predicted octanol–water partition coefficient (Wildman–Crippen LogP) is 6.05. The summed E-state index contributed by atoms with van der Waals surface area (Å²) in [5.74, 6) is -0.774. The minimum Gasteiger partial charge on any atom is -0.383 e. The van der Waals surface area contributed by atoms with Crippen LogP contribution in [0.2, 0.25) is 5.02 Å². The maximum atomic E-state index is 14.4. The molecule has 3 aromatic rings. The van der Waals surface area contributed by atoms with Crippen LogP contribution < -0.4 is 5.32 Å². The van der Waals surface area contributed by atoms with E-state index in [1.807, 2.05) is 30.5 Å². The van der Waals surface area contributed by atoms with Crippen molar-refractivity contribution >= 4 is 39.6 Å². The fraction of sp³-hybridized carbons (Fsp3) is 0.292. The minimum absolute atomic E-state index is 0.140. The van der Waals surface area contributed by atoms with Gasteiger partial charge in [0, 0.05) is 23.7 Å². The summed E-state index contributed by atoms with van der Waals surface area (Å²) < 4.78 is 28.0. The summed E-state index contributed by atoms with van der Waals surface area (Å²) in [6.07, 6.45) is 8.89. The smallest absolute Gasteiger partial charge is 0.144 e. The van der Waals surface area contributed by atoms with Crippen LogP contribution in [-0.2, 0) is 0 Å². The van der Waals surface area contributed by atoms with Gasteiger partial charge in [0.05, 0.1) is 45.9 Å². The molecule has 1 N–H and O–H groups in total. The van der Waals surface area contributed by atoms with Crippen LogP contribution in [0.1, 0.15) is 36.9 Å². The van der Waals surface area contributed by atoms with E-state index in [9.17, 15) is 8.78 Å². The first-order chi connectivity index (χ1) is 15.1. The molecule has 0 radical (unpaired) electrons. The van der Waals surface area contributed by atoms with Gasteiger partial charge < -0.3 is 5.32 Å². The second kappa shape index (κ2) is 8.35. The highest BCUT2D eigenvalue weighted by atomic mass is 35.5. The number of halogens is 3. The van der Waals surface area contributed by atoms with Crippen molar-refractivity contribution in [1.29, 1.82) is 0 Å². The van der Waals surface area contributed by atoms with Crippen LogP contribution in [0.3, 0.4) is 0 Å². The number of nitrogens with zero attached hydrogens (tertiary/aromatic N) is 3. The molecule has 1 aliphatic carbocycles. The number of hydrogen-bond acceptors (Lipinski definition) is 4. The van der Waals surface area contributed by atoms with Gasteiger partial charge in [-0.05, 0) is 43.0 Å². The van der Waals surface area contributed by atoms with Gasteiger partial charge in [-0.3, -0.25) is 9.98 Å². The van der Waals surface area contributed by atoms with Crippen LogP contribution in [0.15, 0.2) is 47.6 Å². The van der Waals surface area contributed by atoms with Gasteiger partial charge in [0.2, 0.25) is 0 Å². The molecule has 3 heterocycles. The van der Waals surface area contributed by atoms with Gasteiger partial charge >= 0.3 is 0 Å². The van der Waals surface area contributed by atoms with Gasteiger partial charge in [-0.25, -0.2) is 13.8 Å². The molecule has 2 aromatic heterocycles. The van der Waals surface area contributed by atoms with E-state index >= 15 is 0 Å². The molecule has 0 spiro atoms. The molecule has 1 fully saturated rings. The number of nitrogens with one attached hydrogen (secondary N) is 1. The van der Waals surface area contributed by atoms with Crippen LogP contribution in [0, 0.1) is 17.6 Å². The molecule has 7 heteroatoms. The van der Waals surface area contributed by atoms with Crippen LogP contribution >= 0.6 is 11.6 Å². The SMILES string of the molecule is Fc1cc(F)c(C2=NCC=C2c2ccc3ncc(NCC4CCCC4)cc3n2)cc1Cl. The van der Waals surface area contributed by atoms with E-state index < -0.39 is 11.6 Å². The van der Waals surface area contributed by atoms with Gasteiger partial charge in [-0.15, -0.1) is 0 Å². The highest BCUT2D eigenvalue weighted by Gasteiger charge is 2.22. The molecule has 2 aliphatic rings. The number of allylic oxidation sites excluding steroid dienone is 1. The van der Waals surface area contributed by atoms with E-state index in [2.05, 4.69) is 15.3 Å². The van der Waals surface area contributed by atoms with E-state index in [4.69, 9.17) is 16.6 Å². The Morgan fingerprint density at radius 3 is 2.71 bits per heavy atom. The van der Waals surface area contributed by atoms with Crippen molar-refractivity contribution in [3.8, 4) is 0 Å². The van der Waals surface area contributed by atoms with Crippen molar-refractivity contribution in [3.05, 3.63) is 70.5 Å². The average molecular weight is 439 g/mol. The maximum Gasteiger partial charge on any atom is 0.144 e. The summed E-state index contributed by atoms with van der Waals surface area (Å²) in [6, 6.07) is 7.79. The summed E-state index contributed by atoms with van der Waals surface area (Å²) in [4.78, 5) is 13.7. The third-order valence-corrected chi connectivity index (χ3v) is 6.24. The molecule has 0 bridgehead atoms. The second-order valence-electron chi connectivity index (χ2n) is 8.04. The van der Waals surface area contributed by atoms with Crippen molar-refractivity contribution in [3.63, 3.8) is 0 Å². The van der Waals surface area contributed by atoms with Gasteiger partial charge in [-0.2, -0.15) is 0 Å². The van der Waals surface area contributed by atoms with Crippen molar-refractivity contribution < 1.29 is 8.78 Å². The molecule has 0 amide bonds. The molecule has 0 saturated heterocycles. The molecule has 4 nitrogen and oxygen atoms in total. The molecule has 1 aromatic carbocycles. The zero-order valence-corrected chi connectivity index (χ0v) is 17.6. The van der Waals surface area contributed by atoms with Crippen molar-refractivity contribution in [2.24, 2.45) is 10.9 Å². The Morgan fingerprint density at radius 1 is 1.03 bits per heavy atom. The first kappa shape index (κ1) is 20.1. The number of aliphatic imine (C=N–C) groups is 1. The molecule has 0 unspecified atom stereocenters. The first-order valence-corrected chi connectivity index (χ1v) is 10.9. The van der Waals surface area contributed by atoms with Crippen molar-refractivity contribution in [2.45, 2.75) is 25.7 Å². The molecule has 158 valence electrons. The third-order valence-electron chi connectivity index (χ3n) is 5.95. The minimum atomic E-state index is -0.792. The standard InChI is InChI=1S/C24H21ClF2N4/c25-18-10-17(19(26)11-20(18)27)24-16(7-8-28-24)21-5-6-22-23(31-21)9-15(13-30-22)29-12-14-3-1-2-4-14/h5-7,9-11,13-14,29H,1-4,8,12H2. The Bertz CT molecular complexity index is 1220. The van der Waals surface area contributed by atoms with Crippen molar-refractivity contribution in [2.75, 3.05) is 18.4 Å². The molecular formula is C24H21ClF2N4. The molecule has 0 atom stereocenters. The fourth-order valence-electron chi connectivity index (χ4n) is 4.30. The van der Waals surface area contributed by atoms with E-state index in [1.165, 1.54) is 31.7 Å². The van der Waals surface area contributed by atoms with Crippen LogP contribution in [0.5, 0.6) is 0 Å². The zero-order valence-electron chi connectivity index (χ0n) is 16.8. The quantitative estimate of drug-likeness (QED) is 0.493. The Morgan fingerprint density at radius 2 is 1.87 bits per heavy atom. The van der Waals surface area contributed by atoms with E-state index in [1.54, 1.807) is 0 Å². The van der Waals surface area contributed by atoms with E-state index in [-0.39, 0.29) is 10.6 Å². The number of aromatic nitrogens is 2. The number of hydrogen-bond donors (Lipinski definition) is 1. The summed E-state index contributed by atoms with van der Waals surface area (Å²) in [5, 5.41) is 3.34. The lowest BCUT2D eigenvalue weighted by atomic mass is 9.99. The monoisotopic (exact) mass is 438 g/mol. The summed E-state index contributed by atoms with van der Waals surface area (Å²) in [6.45, 7) is 1.35. The lowest BCUT2D eigenvalue weighted by Gasteiger charge is -2.13. The van der Waals surface area contributed by atoms with Crippen LogP contribution in [0.4, 0.5) is 14.5 Å². The molecule has 1 saturated carbocycles. The largest absolute Gasteiger partial charge is 0.383 e. The average Bonchev–Trinajstić information content (AvgIpc) is 3.46. The predicted molar refractivity (Wildman–Crippen MR) is 121 cm³/mol. The molecule has 5 rings (SSSR count). The van der Waals surface area contributed by atoms with Gasteiger partial charge in [0.15, 0.2) is 0 Å². The van der Waals surface area contributed by atoms with Crippen LogP contribution in [-0.4, -0.2) is 28.8 Å². The third kappa shape index (κ3) is 4.04. The number of rotatable bonds is 5. The zero-order chi connectivity index (χ0) is 21.4. The number of anilines is 1. The summed E-state index contributed by atoms with van der Waals surface area (Å²) in [7, 11) is 0. The molecule has 31 heavy (non-hydrogen) atoms. The number of pyridine rings is 2. The highest BCUT2D eigenvalue weighted by Crippen LogP contribution is 2.29. The summed E-state index contributed by atoms with van der Waals surface area (Å²) in [5.41, 5.74) is 4.43. The van der Waals surface area contributed by atoms with Crippen molar-refractivity contribution in [1.82, 2.24) is 9.97 Å². The van der Waals surface area contributed by atoms with Crippen LogP contribution in [0.25, 0.3) is 16.6 Å². The molecule has 1 aliphatic heterocycles. The summed E-state index contributed by atoms with van der Waals surface area (Å²) >= 11 is 5.88. The Kier molecular flexibility index (Phi) is 5.40. The maximum absolute atomic E-state index is 14.4. The molecular weight excluding hydrogens is 418 g/mol. The second-order valence-corrected chi connectivity index (χ2v) is 8.45. The van der Waals surface area contributed by atoms with E-state index in [0.717, 1.165) is 35.2 Å². The van der Waals surface area contributed by atoms with E-state index in [0.29, 0.717) is 23.5 Å². The van der Waals surface area contributed by atoms with Gasteiger partial charge in [0.1, 0.15) is 11.6 Å². The fourth-order valence-corrected chi connectivity index (χ4v) is 4.46. The number of benzene rings is 1. The van der Waals surface area contributed by atoms with Gasteiger partial charge in [0.25, 0.3) is 0 Å². The highest BCUT2D eigenvalue weighted by molar-refractivity contribution is 6.35. The normalized spacial score (nSPS) is 16.6. The van der Waals surface area contributed by atoms with Gasteiger partial charge in [-0.1, -0.05) is 30.5 Å². The Labute approximate surface area is 184 Å². The lowest BCUT2D eigenvalue weighted by Crippen LogP contribution is -2.11. The Balaban J connectivity index is 1.44. The first-order valence-electron chi connectivity index (χ1n) is 10.5.